The van der Waals surface area contributed by atoms with Crippen LogP contribution in [0.15, 0.2) is 12.4 Å². The molecule has 112 valence electrons. The van der Waals surface area contributed by atoms with Crippen molar-refractivity contribution in [2.45, 2.75) is 65.1 Å². The predicted octanol–water partition coefficient (Wildman–Crippen LogP) is 2.99. The number of anilines is 1. The van der Waals surface area contributed by atoms with Gasteiger partial charge in [-0.1, -0.05) is 20.8 Å². The number of hydrogen-bond donors (Lipinski definition) is 1. The highest BCUT2D eigenvalue weighted by molar-refractivity contribution is 5.36. The first-order valence-corrected chi connectivity index (χ1v) is 7.83. The van der Waals surface area contributed by atoms with Gasteiger partial charge in [-0.3, -0.25) is 4.98 Å². The summed E-state index contributed by atoms with van der Waals surface area (Å²) in [6.07, 6.45) is 9.02. The second kappa shape index (κ2) is 7.02. The van der Waals surface area contributed by atoms with Crippen LogP contribution >= 0.6 is 0 Å². The Morgan fingerprint density at radius 1 is 1.20 bits per heavy atom. The summed E-state index contributed by atoms with van der Waals surface area (Å²) in [6, 6.07) is 1.10. The van der Waals surface area contributed by atoms with Gasteiger partial charge in [0.1, 0.15) is 5.82 Å². The molecule has 0 unspecified atom stereocenters. The summed E-state index contributed by atoms with van der Waals surface area (Å²) in [5.74, 6) is 1.88. The van der Waals surface area contributed by atoms with Crippen molar-refractivity contribution in [3.05, 3.63) is 18.1 Å². The Balaban J connectivity index is 1.91. The van der Waals surface area contributed by atoms with E-state index in [0.717, 1.165) is 24.0 Å². The molecule has 1 aliphatic carbocycles. The second-order valence-electron chi connectivity index (χ2n) is 6.43. The Kier molecular flexibility index (Phi) is 5.35. The molecule has 0 aromatic carbocycles. The standard InChI is InChI=1S/C16H28N4/c1-12(2)17-9-14-10-19-16(11-18-14)20(4)15-7-5-13(3)6-8-15/h10-13,15,17H,5-9H2,1-4H3. The van der Waals surface area contributed by atoms with Crippen LogP contribution in [-0.4, -0.2) is 29.1 Å². The Morgan fingerprint density at radius 3 is 2.45 bits per heavy atom. The fourth-order valence-electron chi connectivity index (χ4n) is 2.75. The SMILES string of the molecule is CC1CCC(N(C)c2cnc(CNC(C)C)cn2)CC1. The van der Waals surface area contributed by atoms with E-state index in [0.29, 0.717) is 12.1 Å². The predicted molar refractivity (Wildman–Crippen MR) is 83.8 cm³/mol. The topological polar surface area (TPSA) is 41.1 Å². The molecule has 4 nitrogen and oxygen atoms in total. The van der Waals surface area contributed by atoms with Gasteiger partial charge < -0.3 is 10.2 Å². The van der Waals surface area contributed by atoms with Crippen LogP contribution in [-0.2, 0) is 6.54 Å². The van der Waals surface area contributed by atoms with E-state index in [1.807, 2.05) is 12.4 Å². The van der Waals surface area contributed by atoms with E-state index in [-0.39, 0.29) is 0 Å². The molecule has 0 saturated heterocycles. The lowest BCUT2D eigenvalue weighted by molar-refractivity contribution is 0.340. The van der Waals surface area contributed by atoms with Gasteiger partial charge in [-0.15, -0.1) is 0 Å². The van der Waals surface area contributed by atoms with Crippen molar-refractivity contribution in [1.82, 2.24) is 15.3 Å². The molecule has 0 amide bonds. The van der Waals surface area contributed by atoms with Crippen molar-refractivity contribution in [3.8, 4) is 0 Å². The monoisotopic (exact) mass is 276 g/mol. The third-order valence-electron chi connectivity index (χ3n) is 4.28. The van der Waals surface area contributed by atoms with Crippen LogP contribution in [0.5, 0.6) is 0 Å². The van der Waals surface area contributed by atoms with Crippen LogP contribution in [0.3, 0.4) is 0 Å². The van der Waals surface area contributed by atoms with Gasteiger partial charge in [-0.25, -0.2) is 4.98 Å². The van der Waals surface area contributed by atoms with E-state index < -0.39 is 0 Å². The second-order valence-corrected chi connectivity index (χ2v) is 6.43. The van der Waals surface area contributed by atoms with Crippen molar-refractivity contribution >= 4 is 5.82 Å². The number of nitrogens with zero attached hydrogens (tertiary/aromatic N) is 3. The third-order valence-corrected chi connectivity index (χ3v) is 4.28. The molecular formula is C16H28N4. The van der Waals surface area contributed by atoms with Gasteiger partial charge in [0.15, 0.2) is 0 Å². The zero-order valence-electron chi connectivity index (χ0n) is 13.3. The summed E-state index contributed by atoms with van der Waals surface area (Å²) in [5, 5.41) is 3.36. The smallest absolute Gasteiger partial charge is 0.147 e. The lowest BCUT2D eigenvalue weighted by Gasteiger charge is -2.34. The van der Waals surface area contributed by atoms with Gasteiger partial charge in [-0.2, -0.15) is 0 Å². The molecule has 0 aliphatic heterocycles. The highest BCUT2D eigenvalue weighted by Gasteiger charge is 2.22. The normalized spacial score (nSPS) is 23.1. The first kappa shape index (κ1) is 15.2. The van der Waals surface area contributed by atoms with E-state index >= 15 is 0 Å². The highest BCUT2D eigenvalue weighted by Crippen LogP contribution is 2.28. The summed E-state index contributed by atoms with van der Waals surface area (Å²) >= 11 is 0. The lowest BCUT2D eigenvalue weighted by atomic mass is 9.87. The van der Waals surface area contributed by atoms with E-state index in [1.165, 1.54) is 25.7 Å². The van der Waals surface area contributed by atoms with Crippen molar-refractivity contribution in [1.29, 1.82) is 0 Å². The van der Waals surface area contributed by atoms with Crippen molar-refractivity contribution in [3.63, 3.8) is 0 Å². The molecule has 2 rings (SSSR count). The van der Waals surface area contributed by atoms with Crippen molar-refractivity contribution in [2.75, 3.05) is 11.9 Å². The van der Waals surface area contributed by atoms with Gasteiger partial charge in [0, 0.05) is 25.7 Å². The number of rotatable bonds is 5. The maximum Gasteiger partial charge on any atom is 0.147 e. The molecule has 1 aliphatic rings. The Morgan fingerprint density at radius 2 is 1.90 bits per heavy atom. The van der Waals surface area contributed by atoms with E-state index in [4.69, 9.17) is 0 Å². The fourth-order valence-corrected chi connectivity index (χ4v) is 2.75. The van der Waals surface area contributed by atoms with Crippen LogP contribution in [0.25, 0.3) is 0 Å². The summed E-state index contributed by atoms with van der Waals surface area (Å²) in [7, 11) is 2.15. The summed E-state index contributed by atoms with van der Waals surface area (Å²) in [5.41, 5.74) is 1.01. The number of hydrogen-bond acceptors (Lipinski definition) is 4. The molecule has 0 atom stereocenters. The largest absolute Gasteiger partial charge is 0.355 e. The van der Waals surface area contributed by atoms with Gasteiger partial charge in [0.2, 0.25) is 0 Å². The molecule has 1 saturated carbocycles. The number of aromatic nitrogens is 2. The molecule has 0 radical (unpaired) electrons. The molecule has 0 bridgehead atoms. The molecule has 0 spiro atoms. The minimum atomic E-state index is 0.475. The first-order valence-electron chi connectivity index (χ1n) is 7.83. The van der Waals surface area contributed by atoms with Crippen molar-refractivity contribution < 1.29 is 0 Å². The quantitative estimate of drug-likeness (QED) is 0.897. The molecular weight excluding hydrogens is 248 g/mol. The van der Waals surface area contributed by atoms with Crippen LogP contribution < -0.4 is 10.2 Å². The van der Waals surface area contributed by atoms with Gasteiger partial charge in [0.05, 0.1) is 18.1 Å². The average molecular weight is 276 g/mol. The lowest BCUT2D eigenvalue weighted by Crippen LogP contribution is -2.35. The van der Waals surface area contributed by atoms with Crippen LogP contribution in [0, 0.1) is 5.92 Å². The molecule has 1 heterocycles. The van der Waals surface area contributed by atoms with Crippen molar-refractivity contribution in [2.24, 2.45) is 5.92 Å². The first-order chi connectivity index (χ1) is 9.56. The van der Waals surface area contributed by atoms with E-state index in [9.17, 15) is 0 Å². The van der Waals surface area contributed by atoms with Crippen LogP contribution in [0.1, 0.15) is 52.1 Å². The highest BCUT2D eigenvalue weighted by atomic mass is 15.2. The Bertz CT molecular complexity index is 393. The minimum Gasteiger partial charge on any atom is -0.355 e. The maximum atomic E-state index is 4.57. The average Bonchev–Trinajstić information content (AvgIpc) is 2.46. The summed E-state index contributed by atoms with van der Waals surface area (Å²) < 4.78 is 0. The molecule has 4 heteroatoms. The fraction of sp³-hybridized carbons (Fsp3) is 0.750. The van der Waals surface area contributed by atoms with Gasteiger partial charge in [-0.05, 0) is 31.6 Å². The van der Waals surface area contributed by atoms with Gasteiger partial charge in [0.25, 0.3) is 0 Å². The zero-order valence-corrected chi connectivity index (χ0v) is 13.3. The Labute approximate surface area is 123 Å². The summed E-state index contributed by atoms with van der Waals surface area (Å²) in [4.78, 5) is 11.4. The maximum absolute atomic E-state index is 4.57. The minimum absolute atomic E-state index is 0.475. The van der Waals surface area contributed by atoms with Gasteiger partial charge >= 0.3 is 0 Å². The molecule has 1 fully saturated rings. The van der Waals surface area contributed by atoms with E-state index in [2.05, 4.69) is 48.0 Å². The third kappa shape index (κ3) is 4.17. The zero-order chi connectivity index (χ0) is 14.5. The van der Waals surface area contributed by atoms with Crippen LogP contribution in [0.4, 0.5) is 5.82 Å². The molecule has 1 N–H and O–H groups in total. The molecule has 20 heavy (non-hydrogen) atoms. The Hall–Kier alpha value is -1.16. The summed E-state index contributed by atoms with van der Waals surface area (Å²) in [6.45, 7) is 7.42. The molecule has 1 aromatic rings. The van der Waals surface area contributed by atoms with E-state index in [1.54, 1.807) is 0 Å². The molecule has 1 aromatic heterocycles. The van der Waals surface area contributed by atoms with Crippen LogP contribution in [0.2, 0.25) is 0 Å². The number of nitrogens with one attached hydrogen (secondary N) is 1.